The molecule has 0 fully saturated rings. The Morgan fingerprint density at radius 2 is 1.30 bits per heavy atom. The third-order valence-corrected chi connectivity index (χ3v) is 5.65. The number of hydrogen-bond donors (Lipinski definition) is 0. The van der Waals surface area contributed by atoms with Crippen molar-refractivity contribution in [3.8, 4) is 22.3 Å². The third-order valence-electron chi connectivity index (χ3n) is 4.62. The Morgan fingerprint density at radius 3 is 1.89 bits per heavy atom. The van der Waals surface area contributed by atoms with E-state index in [1.807, 2.05) is 12.1 Å². The van der Waals surface area contributed by atoms with Gasteiger partial charge in [0.1, 0.15) is 17.5 Å². The first-order chi connectivity index (χ1) is 13.0. The molecule has 0 N–H and O–H groups in total. The summed E-state index contributed by atoms with van der Waals surface area (Å²) >= 11 is 1.60. The van der Waals surface area contributed by atoms with E-state index in [1.54, 1.807) is 34.7 Å². The Bertz CT molecular complexity index is 910. The first kappa shape index (κ1) is 19.9. The molecule has 0 bridgehead atoms. The molecule has 0 amide bonds. The van der Waals surface area contributed by atoms with Crippen LogP contribution in [0.4, 0.5) is 13.2 Å². The molecular weight excluding hydrogens is 460 g/mol. The second-order valence-corrected chi connectivity index (χ2v) is 7.68. The van der Waals surface area contributed by atoms with Crippen LogP contribution in [0.2, 0.25) is 0 Å². The van der Waals surface area contributed by atoms with Crippen LogP contribution in [0.5, 0.6) is 0 Å². The van der Waals surface area contributed by atoms with Gasteiger partial charge in [-0.3, -0.25) is 0 Å². The zero-order chi connectivity index (χ0) is 19.4. The maximum atomic E-state index is 14.6. The lowest BCUT2D eigenvalue weighted by atomic mass is 9.98. The van der Waals surface area contributed by atoms with Crippen LogP contribution >= 0.6 is 22.6 Å². The van der Waals surface area contributed by atoms with Gasteiger partial charge in [0.25, 0.3) is 0 Å². The van der Waals surface area contributed by atoms with Crippen LogP contribution in [0.3, 0.4) is 0 Å². The summed E-state index contributed by atoms with van der Waals surface area (Å²) in [5, 5.41) is 0. The van der Waals surface area contributed by atoms with Crippen molar-refractivity contribution in [2.24, 2.45) is 0 Å². The third kappa shape index (κ3) is 4.72. The van der Waals surface area contributed by atoms with Crippen molar-refractivity contribution in [1.29, 1.82) is 0 Å². The van der Waals surface area contributed by atoms with E-state index in [0.29, 0.717) is 0 Å². The summed E-state index contributed by atoms with van der Waals surface area (Å²) in [6.45, 7) is 2.18. The lowest BCUT2D eigenvalue weighted by Gasteiger charge is -2.09. The summed E-state index contributed by atoms with van der Waals surface area (Å²) in [7, 11) is 0. The van der Waals surface area contributed by atoms with E-state index in [4.69, 9.17) is 0 Å². The van der Waals surface area contributed by atoms with Gasteiger partial charge in [0, 0.05) is 5.56 Å². The monoisotopic (exact) mass is 480 g/mol. The topological polar surface area (TPSA) is 0 Å². The highest BCUT2D eigenvalue weighted by Crippen LogP contribution is 2.30. The van der Waals surface area contributed by atoms with Gasteiger partial charge in [-0.15, -0.1) is 0 Å². The van der Waals surface area contributed by atoms with Gasteiger partial charge in [-0.2, -0.15) is 0 Å². The molecule has 27 heavy (non-hydrogen) atoms. The van der Waals surface area contributed by atoms with E-state index in [0.717, 1.165) is 29.7 Å². The van der Waals surface area contributed by atoms with Gasteiger partial charge in [0.05, 0.1) is 3.57 Å². The van der Waals surface area contributed by atoms with Crippen molar-refractivity contribution in [3.05, 3.63) is 81.2 Å². The Morgan fingerprint density at radius 1 is 0.704 bits per heavy atom. The van der Waals surface area contributed by atoms with Crippen molar-refractivity contribution >= 4 is 22.6 Å². The summed E-state index contributed by atoms with van der Waals surface area (Å²) in [6, 6.07) is 15.2. The van der Waals surface area contributed by atoms with Crippen LogP contribution in [-0.2, 0) is 6.42 Å². The molecule has 4 heteroatoms. The van der Waals surface area contributed by atoms with Gasteiger partial charge in [-0.25, -0.2) is 13.2 Å². The first-order valence-electron chi connectivity index (χ1n) is 9.03. The average molecular weight is 480 g/mol. The summed E-state index contributed by atoms with van der Waals surface area (Å²) in [5.74, 6) is -1.87. The van der Waals surface area contributed by atoms with Gasteiger partial charge in [-0.05, 0) is 75.9 Å². The molecule has 0 unspecified atom stereocenters. The number of halogens is 4. The van der Waals surface area contributed by atoms with Gasteiger partial charge in [-0.1, -0.05) is 56.2 Å². The standard InChI is InChI=1S/C23H20F3I/c1-2-3-4-5-15-6-8-16(9-7-15)17-10-11-19(20(24)12-17)18-13-21(25)23(27)22(26)14-18/h6-14H,2-5H2,1H3. The highest BCUT2D eigenvalue weighted by Gasteiger charge is 2.13. The van der Waals surface area contributed by atoms with E-state index in [9.17, 15) is 13.2 Å². The number of rotatable bonds is 6. The molecule has 0 radical (unpaired) electrons. The van der Waals surface area contributed by atoms with Crippen LogP contribution < -0.4 is 0 Å². The molecule has 0 atom stereocenters. The van der Waals surface area contributed by atoms with Crippen LogP contribution in [0, 0.1) is 21.0 Å². The van der Waals surface area contributed by atoms with Gasteiger partial charge < -0.3 is 0 Å². The molecule has 0 heterocycles. The lowest BCUT2D eigenvalue weighted by molar-refractivity contribution is 0.571. The quantitative estimate of drug-likeness (QED) is 0.192. The van der Waals surface area contributed by atoms with Gasteiger partial charge in [0.2, 0.25) is 0 Å². The van der Waals surface area contributed by atoms with Crippen molar-refractivity contribution in [1.82, 2.24) is 0 Å². The molecular formula is C23H20F3I. The summed E-state index contributed by atoms with van der Waals surface area (Å²) in [5.41, 5.74) is 3.31. The van der Waals surface area contributed by atoms with Crippen molar-refractivity contribution in [2.45, 2.75) is 32.6 Å². The largest absolute Gasteiger partial charge is 0.206 e. The Labute approximate surface area is 171 Å². The van der Waals surface area contributed by atoms with Crippen LogP contribution in [0.25, 0.3) is 22.3 Å². The molecule has 0 saturated heterocycles. The van der Waals surface area contributed by atoms with Gasteiger partial charge >= 0.3 is 0 Å². The molecule has 0 aliphatic carbocycles. The van der Waals surface area contributed by atoms with E-state index >= 15 is 0 Å². The molecule has 0 saturated carbocycles. The predicted molar refractivity (Wildman–Crippen MR) is 113 cm³/mol. The molecule has 0 aliphatic heterocycles. The maximum Gasteiger partial charge on any atom is 0.140 e. The lowest BCUT2D eigenvalue weighted by Crippen LogP contribution is -1.93. The highest BCUT2D eigenvalue weighted by atomic mass is 127. The molecule has 140 valence electrons. The number of unbranched alkanes of at least 4 members (excludes halogenated alkanes) is 2. The van der Waals surface area contributed by atoms with E-state index < -0.39 is 17.5 Å². The smallest absolute Gasteiger partial charge is 0.140 e. The fourth-order valence-corrected chi connectivity index (χ4v) is 3.39. The van der Waals surface area contributed by atoms with Crippen molar-refractivity contribution in [2.75, 3.05) is 0 Å². The molecule has 3 aromatic rings. The number of benzene rings is 3. The predicted octanol–water partition coefficient (Wildman–Crippen LogP) is 7.78. The van der Waals surface area contributed by atoms with E-state index in [1.165, 1.54) is 30.9 Å². The van der Waals surface area contributed by atoms with E-state index in [2.05, 4.69) is 19.1 Å². The molecule has 3 rings (SSSR count). The Balaban J connectivity index is 1.84. The van der Waals surface area contributed by atoms with E-state index in [-0.39, 0.29) is 14.7 Å². The van der Waals surface area contributed by atoms with Crippen LogP contribution in [0.15, 0.2) is 54.6 Å². The SMILES string of the molecule is CCCCCc1ccc(-c2ccc(-c3cc(F)c(I)c(F)c3)c(F)c2)cc1. The minimum atomic E-state index is -0.687. The van der Waals surface area contributed by atoms with Crippen LogP contribution in [-0.4, -0.2) is 0 Å². The minimum Gasteiger partial charge on any atom is -0.206 e. The van der Waals surface area contributed by atoms with Gasteiger partial charge in [0.15, 0.2) is 0 Å². The first-order valence-corrected chi connectivity index (χ1v) is 10.1. The fraction of sp³-hybridized carbons (Fsp3) is 0.217. The number of hydrogen-bond acceptors (Lipinski definition) is 0. The van der Waals surface area contributed by atoms with Crippen molar-refractivity contribution < 1.29 is 13.2 Å². The summed E-state index contributed by atoms with van der Waals surface area (Å²) < 4.78 is 42.1. The molecule has 0 aromatic heterocycles. The molecule has 3 aromatic carbocycles. The summed E-state index contributed by atoms with van der Waals surface area (Å²) in [4.78, 5) is 0. The Kier molecular flexibility index (Phi) is 6.58. The highest BCUT2D eigenvalue weighted by molar-refractivity contribution is 14.1. The molecule has 0 spiro atoms. The maximum absolute atomic E-state index is 14.6. The second-order valence-electron chi connectivity index (χ2n) is 6.60. The van der Waals surface area contributed by atoms with Crippen molar-refractivity contribution in [3.63, 3.8) is 0 Å². The number of aryl methyl sites for hydroxylation is 1. The molecule has 0 aliphatic rings. The zero-order valence-electron chi connectivity index (χ0n) is 15.0. The zero-order valence-corrected chi connectivity index (χ0v) is 17.2. The summed E-state index contributed by atoms with van der Waals surface area (Å²) in [6.07, 6.45) is 4.62. The minimum absolute atomic E-state index is 0.0904. The molecule has 0 nitrogen and oxygen atoms in total. The average Bonchev–Trinajstić information content (AvgIpc) is 2.66. The van der Waals surface area contributed by atoms with Crippen LogP contribution in [0.1, 0.15) is 31.7 Å². The Hall–Kier alpha value is -1.82. The second kappa shape index (κ2) is 8.91. The fourth-order valence-electron chi connectivity index (χ4n) is 3.08. The normalized spacial score (nSPS) is 11.0.